The van der Waals surface area contributed by atoms with Gasteiger partial charge in [-0.1, -0.05) is 18.2 Å². The number of aromatic nitrogens is 3. The molecule has 7 heteroatoms. The smallest absolute Gasteiger partial charge is 0.410 e. The van der Waals surface area contributed by atoms with Gasteiger partial charge in [-0.3, -0.25) is 10.1 Å². The number of rotatable bonds is 3. The van der Waals surface area contributed by atoms with Crippen LogP contribution in [0.1, 0.15) is 5.56 Å². The van der Waals surface area contributed by atoms with Gasteiger partial charge in [0.15, 0.2) is 0 Å². The summed E-state index contributed by atoms with van der Waals surface area (Å²) in [4.78, 5) is 23.0. The molecular weight excluding hydrogens is 308 g/mol. The number of pyridine rings is 1. The second-order valence-electron chi connectivity index (χ2n) is 5.36. The number of carboxylic acid groups (broad SMARTS) is 1. The molecule has 0 radical (unpaired) electrons. The molecule has 2 heterocycles. The van der Waals surface area contributed by atoms with E-state index in [9.17, 15) is 9.59 Å². The zero-order valence-electron chi connectivity index (χ0n) is 13.2. The standard InChI is InChI=1S/C17H16N4O3/c1-11-15(12-8-9-20(2)14(22)10-12)19-21(16(11)18-17(23)24)13-6-4-3-5-7-13/h3-10,18H,1-2H3,(H,23,24). The van der Waals surface area contributed by atoms with Crippen LogP contribution in [0.25, 0.3) is 16.9 Å². The third kappa shape index (κ3) is 2.79. The molecule has 0 aliphatic carbocycles. The number of benzene rings is 1. The third-order valence-corrected chi connectivity index (χ3v) is 3.73. The van der Waals surface area contributed by atoms with Crippen molar-refractivity contribution >= 4 is 11.9 Å². The predicted octanol–water partition coefficient (Wildman–Crippen LogP) is 2.64. The van der Waals surface area contributed by atoms with E-state index in [0.29, 0.717) is 22.6 Å². The van der Waals surface area contributed by atoms with Crippen molar-refractivity contribution in [3.63, 3.8) is 0 Å². The number of hydrogen-bond donors (Lipinski definition) is 2. The molecule has 0 aliphatic heterocycles. The molecule has 1 amide bonds. The van der Waals surface area contributed by atoms with Gasteiger partial charge in [-0.2, -0.15) is 5.10 Å². The summed E-state index contributed by atoms with van der Waals surface area (Å²) in [5.74, 6) is 0.351. The maximum atomic E-state index is 11.9. The lowest BCUT2D eigenvalue weighted by Gasteiger charge is -2.07. The first-order chi connectivity index (χ1) is 11.5. The number of hydrogen-bond acceptors (Lipinski definition) is 3. The van der Waals surface area contributed by atoms with E-state index in [-0.39, 0.29) is 5.56 Å². The Bertz CT molecular complexity index is 958. The maximum absolute atomic E-state index is 11.9. The van der Waals surface area contributed by atoms with Gasteiger partial charge in [-0.05, 0) is 25.1 Å². The molecule has 122 valence electrons. The molecular formula is C17H16N4O3. The summed E-state index contributed by atoms with van der Waals surface area (Å²) >= 11 is 0. The second-order valence-corrected chi connectivity index (χ2v) is 5.36. The summed E-state index contributed by atoms with van der Waals surface area (Å²) in [6, 6.07) is 12.5. The van der Waals surface area contributed by atoms with Gasteiger partial charge in [0.25, 0.3) is 5.56 Å². The van der Waals surface area contributed by atoms with Crippen LogP contribution in [0.2, 0.25) is 0 Å². The Kier molecular flexibility index (Phi) is 3.91. The minimum absolute atomic E-state index is 0.158. The van der Waals surface area contributed by atoms with E-state index in [0.717, 1.165) is 5.69 Å². The highest BCUT2D eigenvalue weighted by Gasteiger charge is 2.19. The molecule has 0 saturated heterocycles. The summed E-state index contributed by atoms with van der Waals surface area (Å²) in [5.41, 5.74) is 2.40. The lowest BCUT2D eigenvalue weighted by atomic mass is 10.1. The SMILES string of the molecule is Cc1c(-c2ccn(C)c(=O)c2)nn(-c2ccccc2)c1NC(=O)O. The van der Waals surface area contributed by atoms with Crippen LogP contribution < -0.4 is 10.9 Å². The van der Waals surface area contributed by atoms with E-state index >= 15 is 0 Å². The Balaban J connectivity index is 2.21. The summed E-state index contributed by atoms with van der Waals surface area (Å²) in [5, 5.41) is 16.0. The number of carbonyl (C=O) groups is 1. The van der Waals surface area contributed by atoms with E-state index in [1.807, 2.05) is 30.3 Å². The number of aryl methyl sites for hydroxylation is 1. The molecule has 1 aromatic carbocycles. The fourth-order valence-corrected chi connectivity index (χ4v) is 2.47. The summed E-state index contributed by atoms with van der Waals surface area (Å²) in [7, 11) is 1.67. The number of amides is 1. The topological polar surface area (TPSA) is 89.2 Å². The number of nitrogens with zero attached hydrogens (tertiary/aromatic N) is 3. The van der Waals surface area contributed by atoms with Gasteiger partial charge >= 0.3 is 6.09 Å². The Morgan fingerprint density at radius 2 is 1.92 bits per heavy atom. The summed E-state index contributed by atoms with van der Waals surface area (Å²) in [6.07, 6.45) is 0.480. The zero-order valence-corrected chi connectivity index (χ0v) is 13.2. The van der Waals surface area contributed by atoms with E-state index in [4.69, 9.17) is 5.11 Å². The van der Waals surface area contributed by atoms with Crippen molar-refractivity contribution < 1.29 is 9.90 Å². The van der Waals surface area contributed by atoms with Gasteiger partial charge in [0.2, 0.25) is 0 Å². The first-order valence-corrected chi connectivity index (χ1v) is 7.29. The van der Waals surface area contributed by atoms with Crippen LogP contribution in [-0.2, 0) is 7.05 Å². The molecule has 24 heavy (non-hydrogen) atoms. The third-order valence-electron chi connectivity index (χ3n) is 3.73. The average molecular weight is 324 g/mol. The van der Waals surface area contributed by atoms with Crippen LogP contribution in [0.4, 0.5) is 10.6 Å². The van der Waals surface area contributed by atoms with E-state index in [2.05, 4.69) is 10.4 Å². The molecule has 3 rings (SSSR count). The molecule has 0 spiro atoms. The minimum Gasteiger partial charge on any atom is -0.465 e. The Morgan fingerprint density at radius 3 is 2.54 bits per heavy atom. The fourth-order valence-electron chi connectivity index (χ4n) is 2.47. The number of nitrogens with one attached hydrogen (secondary N) is 1. The van der Waals surface area contributed by atoms with Crippen LogP contribution in [0, 0.1) is 6.92 Å². The van der Waals surface area contributed by atoms with Crippen LogP contribution in [0.5, 0.6) is 0 Å². The molecule has 0 atom stereocenters. The van der Waals surface area contributed by atoms with Crippen molar-refractivity contribution in [1.82, 2.24) is 14.3 Å². The highest BCUT2D eigenvalue weighted by Crippen LogP contribution is 2.29. The second kappa shape index (κ2) is 6.04. The van der Waals surface area contributed by atoms with Gasteiger partial charge in [-0.15, -0.1) is 0 Å². The van der Waals surface area contributed by atoms with Crippen LogP contribution in [-0.4, -0.2) is 25.5 Å². The average Bonchev–Trinajstić information content (AvgIpc) is 2.87. The summed E-state index contributed by atoms with van der Waals surface area (Å²) < 4.78 is 2.99. The molecule has 0 fully saturated rings. The number of para-hydroxylation sites is 1. The highest BCUT2D eigenvalue weighted by molar-refractivity contribution is 5.85. The molecule has 0 saturated carbocycles. The van der Waals surface area contributed by atoms with Crippen molar-refractivity contribution in [2.24, 2.45) is 7.05 Å². The minimum atomic E-state index is -1.18. The normalized spacial score (nSPS) is 10.6. The monoisotopic (exact) mass is 324 g/mol. The lowest BCUT2D eigenvalue weighted by molar-refractivity contribution is 0.209. The van der Waals surface area contributed by atoms with Crippen molar-refractivity contribution in [2.45, 2.75) is 6.92 Å². The predicted molar refractivity (Wildman–Crippen MR) is 90.6 cm³/mol. The Morgan fingerprint density at radius 1 is 1.21 bits per heavy atom. The first kappa shape index (κ1) is 15.5. The molecule has 0 bridgehead atoms. The van der Waals surface area contributed by atoms with Gasteiger partial charge in [0, 0.05) is 30.4 Å². The van der Waals surface area contributed by atoms with Gasteiger partial charge < -0.3 is 9.67 Å². The number of anilines is 1. The van der Waals surface area contributed by atoms with Crippen molar-refractivity contribution in [2.75, 3.05) is 5.32 Å². The molecule has 2 aromatic heterocycles. The van der Waals surface area contributed by atoms with E-state index in [1.54, 1.807) is 26.2 Å². The fraction of sp³-hybridized carbons (Fsp3) is 0.118. The Labute approximate surface area is 137 Å². The largest absolute Gasteiger partial charge is 0.465 e. The van der Waals surface area contributed by atoms with Crippen molar-refractivity contribution in [3.05, 3.63) is 64.6 Å². The highest BCUT2D eigenvalue weighted by atomic mass is 16.4. The molecule has 0 aliphatic rings. The zero-order chi connectivity index (χ0) is 17.3. The quantitative estimate of drug-likeness (QED) is 0.775. The van der Waals surface area contributed by atoms with Gasteiger partial charge in [-0.25, -0.2) is 9.48 Å². The van der Waals surface area contributed by atoms with Crippen molar-refractivity contribution in [1.29, 1.82) is 0 Å². The van der Waals surface area contributed by atoms with Crippen LogP contribution in [0.3, 0.4) is 0 Å². The van der Waals surface area contributed by atoms with Gasteiger partial charge in [0.05, 0.1) is 11.4 Å². The lowest BCUT2D eigenvalue weighted by Crippen LogP contribution is -2.14. The molecule has 3 aromatic rings. The van der Waals surface area contributed by atoms with Crippen LogP contribution in [0.15, 0.2) is 53.5 Å². The van der Waals surface area contributed by atoms with Gasteiger partial charge in [0.1, 0.15) is 5.82 Å². The van der Waals surface area contributed by atoms with Crippen molar-refractivity contribution in [3.8, 4) is 16.9 Å². The van der Waals surface area contributed by atoms with E-state index < -0.39 is 6.09 Å². The first-order valence-electron chi connectivity index (χ1n) is 7.29. The molecule has 0 unspecified atom stereocenters. The maximum Gasteiger partial charge on any atom is 0.410 e. The van der Waals surface area contributed by atoms with E-state index in [1.165, 1.54) is 15.3 Å². The Hall–Kier alpha value is -3.35. The summed E-state index contributed by atoms with van der Waals surface area (Å²) in [6.45, 7) is 1.77. The van der Waals surface area contributed by atoms with Crippen LogP contribution >= 0.6 is 0 Å². The molecule has 2 N–H and O–H groups in total. The molecule has 7 nitrogen and oxygen atoms in total.